The third-order valence-electron chi connectivity index (χ3n) is 6.34. The van der Waals surface area contributed by atoms with E-state index in [4.69, 9.17) is 0 Å². The second-order valence-electron chi connectivity index (χ2n) is 8.30. The van der Waals surface area contributed by atoms with Gasteiger partial charge in [0.05, 0.1) is 11.0 Å². The summed E-state index contributed by atoms with van der Waals surface area (Å²) in [6.45, 7) is 4.12. The Morgan fingerprint density at radius 2 is 1.97 bits per heavy atom. The van der Waals surface area contributed by atoms with Gasteiger partial charge >= 0.3 is 6.03 Å². The van der Waals surface area contributed by atoms with Gasteiger partial charge in [-0.15, -0.1) is 0 Å². The van der Waals surface area contributed by atoms with Crippen LogP contribution < -0.4 is 10.2 Å². The summed E-state index contributed by atoms with van der Waals surface area (Å²) in [5.41, 5.74) is -0.113. The maximum absolute atomic E-state index is 13.6. The highest BCUT2D eigenvalue weighted by Crippen LogP contribution is 2.48. The summed E-state index contributed by atoms with van der Waals surface area (Å²) < 4.78 is 0. The van der Waals surface area contributed by atoms with Crippen LogP contribution in [-0.4, -0.2) is 46.3 Å². The van der Waals surface area contributed by atoms with Crippen molar-refractivity contribution in [3.8, 4) is 0 Å². The van der Waals surface area contributed by atoms with E-state index in [1.54, 1.807) is 19.9 Å². The Bertz CT molecular complexity index is 914. The summed E-state index contributed by atoms with van der Waals surface area (Å²) in [4.78, 5) is 53.2. The third kappa shape index (κ3) is 2.79. The van der Waals surface area contributed by atoms with E-state index in [0.29, 0.717) is 18.5 Å². The Balaban J connectivity index is 1.91. The van der Waals surface area contributed by atoms with Gasteiger partial charge in [0.1, 0.15) is 0 Å². The Morgan fingerprint density at radius 3 is 2.66 bits per heavy atom. The van der Waals surface area contributed by atoms with Crippen molar-refractivity contribution >= 4 is 29.2 Å². The number of anilines is 1. The molecule has 0 radical (unpaired) electrons. The lowest BCUT2D eigenvalue weighted by Crippen LogP contribution is -2.72. The van der Waals surface area contributed by atoms with Crippen LogP contribution >= 0.6 is 0 Å². The molecule has 29 heavy (non-hydrogen) atoms. The van der Waals surface area contributed by atoms with Crippen molar-refractivity contribution in [3.63, 3.8) is 0 Å². The average Bonchev–Trinajstić information content (AvgIpc) is 2.91. The van der Waals surface area contributed by atoms with Crippen molar-refractivity contribution in [1.29, 1.82) is 0 Å². The van der Waals surface area contributed by atoms with Crippen LogP contribution in [0.15, 0.2) is 18.2 Å². The highest BCUT2D eigenvalue weighted by atomic mass is 16.6. The van der Waals surface area contributed by atoms with Crippen LogP contribution in [0.2, 0.25) is 0 Å². The molecule has 1 aromatic carbocycles. The van der Waals surface area contributed by atoms with Crippen molar-refractivity contribution < 1.29 is 19.3 Å². The average molecular weight is 400 g/mol. The molecule has 0 aliphatic carbocycles. The van der Waals surface area contributed by atoms with Crippen molar-refractivity contribution in [2.45, 2.75) is 58.0 Å². The fourth-order valence-electron chi connectivity index (χ4n) is 5.03. The molecule has 2 saturated heterocycles. The number of imide groups is 2. The molecule has 1 spiro atoms. The highest BCUT2D eigenvalue weighted by molar-refractivity contribution is 6.20. The number of nitro groups is 1. The smallest absolute Gasteiger partial charge is 0.331 e. The lowest BCUT2D eigenvalue weighted by atomic mass is 9.67. The van der Waals surface area contributed by atoms with Gasteiger partial charge in [0.25, 0.3) is 5.69 Å². The number of nitro benzene ring substituents is 1. The number of amides is 4. The highest BCUT2D eigenvalue weighted by Gasteiger charge is 2.62. The molecule has 3 aliphatic rings. The minimum atomic E-state index is -1.47. The molecule has 0 aromatic heterocycles. The number of urea groups is 1. The van der Waals surface area contributed by atoms with Crippen molar-refractivity contribution in [1.82, 2.24) is 10.2 Å². The number of nitrogens with zero attached hydrogens (tertiary/aromatic N) is 3. The van der Waals surface area contributed by atoms with E-state index in [2.05, 4.69) is 10.2 Å². The number of rotatable bonds is 2. The van der Waals surface area contributed by atoms with Gasteiger partial charge in [0.15, 0.2) is 5.41 Å². The molecule has 3 heterocycles. The van der Waals surface area contributed by atoms with E-state index >= 15 is 0 Å². The van der Waals surface area contributed by atoms with Crippen molar-refractivity contribution in [3.05, 3.63) is 33.9 Å². The molecule has 9 heteroatoms. The zero-order valence-electron chi connectivity index (χ0n) is 16.5. The van der Waals surface area contributed by atoms with Crippen LogP contribution in [0.5, 0.6) is 0 Å². The number of carbonyl (C=O) groups is 3. The first-order chi connectivity index (χ1) is 13.8. The standard InChI is InChI=1S/C20H24N4O5/c1-12(2)23-18(26)20(17(25)21-19(23)27)11-13-10-14(24(28)29)7-8-15(13)22-9-5-3-4-6-16(20)22/h7-8,10,12,16H,3-6,9,11H2,1-2H3,(H,21,25,27)/t16-,20-/m0/s1. The molecule has 1 aromatic rings. The first kappa shape index (κ1) is 19.4. The van der Waals surface area contributed by atoms with Gasteiger partial charge in [0, 0.05) is 36.8 Å². The summed E-state index contributed by atoms with van der Waals surface area (Å²) in [7, 11) is 0. The van der Waals surface area contributed by atoms with Gasteiger partial charge in [0.2, 0.25) is 11.8 Å². The second-order valence-corrected chi connectivity index (χ2v) is 8.30. The van der Waals surface area contributed by atoms with Gasteiger partial charge in [-0.2, -0.15) is 0 Å². The number of non-ortho nitro benzene ring substituents is 1. The molecular weight excluding hydrogens is 376 g/mol. The fraction of sp³-hybridized carbons (Fsp3) is 0.550. The van der Waals surface area contributed by atoms with Crippen molar-refractivity contribution in [2.75, 3.05) is 11.4 Å². The molecule has 0 bridgehead atoms. The second kappa shape index (κ2) is 6.82. The summed E-state index contributed by atoms with van der Waals surface area (Å²) in [6.07, 6.45) is 3.46. The van der Waals surface area contributed by atoms with E-state index in [-0.39, 0.29) is 18.2 Å². The fourth-order valence-corrected chi connectivity index (χ4v) is 5.03. The Kier molecular flexibility index (Phi) is 4.55. The number of benzene rings is 1. The minimum absolute atomic E-state index is 0.0480. The zero-order valence-corrected chi connectivity index (χ0v) is 16.5. The third-order valence-corrected chi connectivity index (χ3v) is 6.34. The monoisotopic (exact) mass is 400 g/mol. The number of hydrogen-bond acceptors (Lipinski definition) is 6. The molecule has 2 fully saturated rings. The summed E-state index contributed by atoms with van der Waals surface area (Å²) in [6, 6.07) is 3.14. The molecule has 1 N–H and O–H groups in total. The van der Waals surface area contributed by atoms with E-state index in [0.717, 1.165) is 29.8 Å². The topological polar surface area (TPSA) is 113 Å². The van der Waals surface area contributed by atoms with Gasteiger partial charge < -0.3 is 4.90 Å². The maximum atomic E-state index is 13.6. The first-order valence-corrected chi connectivity index (χ1v) is 10.0. The maximum Gasteiger partial charge on any atom is 0.331 e. The predicted octanol–water partition coefficient (Wildman–Crippen LogP) is 2.37. The lowest BCUT2D eigenvalue weighted by Gasteiger charge is -2.52. The van der Waals surface area contributed by atoms with E-state index in [1.807, 2.05) is 0 Å². The van der Waals surface area contributed by atoms with Gasteiger partial charge in [-0.1, -0.05) is 12.8 Å². The van der Waals surface area contributed by atoms with Gasteiger partial charge in [-0.05, 0) is 38.3 Å². The van der Waals surface area contributed by atoms with Crippen LogP contribution in [0, 0.1) is 15.5 Å². The molecule has 4 amide bonds. The number of hydrogen-bond donors (Lipinski definition) is 1. The Morgan fingerprint density at radius 1 is 1.21 bits per heavy atom. The molecule has 3 aliphatic heterocycles. The van der Waals surface area contributed by atoms with Gasteiger partial charge in [-0.25, -0.2) is 4.79 Å². The number of fused-ring (bicyclic) bond motifs is 4. The van der Waals surface area contributed by atoms with Crippen LogP contribution in [0.3, 0.4) is 0 Å². The van der Waals surface area contributed by atoms with Gasteiger partial charge in [-0.3, -0.25) is 29.9 Å². The minimum Gasteiger partial charge on any atom is -0.367 e. The largest absolute Gasteiger partial charge is 0.367 e. The molecular formula is C20H24N4O5. The number of carbonyl (C=O) groups excluding carboxylic acids is 3. The SMILES string of the molecule is CC(C)N1C(=O)NC(=O)[C@@]2(Cc3cc([N+](=O)[O-])ccc3N3CCCCC[C@H]32)C1=O. The molecule has 0 saturated carbocycles. The predicted molar refractivity (Wildman–Crippen MR) is 104 cm³/mol. The summed E-state index contributed by atoms with van der Waals surface area (Å²) in [5.74, 6) is -1.10. The van der Waals surface area contributed by atoms with Crippen LogP contribution in [0.4, 0.5) is 16.2 Å². The molecule has 4 rings (SSSR count). The first-order valence-electron chi connectivity index (χ1n) is 10.0. The summed E-state index contributed by atoms with van der Waals surface area (Å²) in [5, 5.41) is 13.7. The van der Waals surface area contributed by atoms with E-state index < -0.39 is 34.2 Å². The zero-order chi connectivity index (χ0) is 20.9. The molecule has 2 atom stereocenters. The number of barbiturate groups is 1. The molecule has 0 unspecified atom stereocenters. The Labute approximate surface area is 168 Å². The quantitative estimate of drug-likeness (QED) is 0.463. The van der Waals surface area contributed by atoms with E-state index in [9.17, 15) is 24.5 Å². The van der Waals surface area contributed by atoms with Crippen LogP contribution in [-0.2, 0) is 16.0 Å². The van der Waals surface area contributed by atoms with Crippen LogP contribution in [0.1, 0.15) is 45.1 Å². The normalized spacial score (nSPS) is 26.9. The van der Waals surface area contributed by atoms with Crippen molar-refractivity contribution in [2.24, 2.45) is 5.41 Å². The number of nitrogens with one attached hydrogen (secondary N) is 1. The summed E-state index contributed by atoms with van der Waals surface area (Å²) >= 11 is 0. The van der Waals surface area contributed by atoms with Crippen LogP contribution in [0.25, 0.3) is 0 Å². The lowest BCUT2D eigenvalue weighted by molar-refractivity contribution is -0.384. The Hall–Kier alpha value is -2.97. The molecule has 154 valence electrons. The molecule has 9 nitrogen and oxygen atoms in total. The van der Waals surface area contributed by atoms with E-state index in [1.165, 1.54) is 12.1 Å².